The molecule has 0 atom stereocenters. The molecule has 0 heterocycles. The van der Waals surface area contributed by atoms with Crippen LogP contribution in [0.2, 0.25) is 0 Å². The van der Waals surface area contributed by atoms with Gasteiger partial charge < -0.3 is 20.7 Å². The summed E-state index contributed by atoms with van der Waals surface area (Å²) in [5, 5.41) is 28.0. The molecule has 0 saturated heterocycles. The number of nitro benzene ring substituents is 1. The summed E-state index contributed by atoms with van der Waals surface area (Å²) in [4.78, 5) is 33.6. The molecule has 0 saturated carbocycles. The standard InChI is InChI=1S/C19H17N5O5/c1-12(25)22-15-5-3-14(4-6-15)21-11-13(10-20)19(26)23-17-8-7-16(24(27)28)9-18(17)29-2/h3-9,11,21H,1-2H3,(H,22,25)(H,23,26)/b13-11-. The van der Waals surface area contributed by atoms with Gasteiger partial charge in [-0.1, -0.05) is 0 Å². The summed E-state index contributed by atoms with van der Waals surface area (Å²) in [6, 6.07) is 12.1. The summed E-state index contributed by atoms with van der Waals surface area (Å²) >= 11 is 0. The van der Waals surface area contributed by atoms with Crippen molar-refractivity contribution in [2.24, 2.45) is 0 Å². The highest BCUT2D eigenvalue weighted by Gasteiger charge is 2.15. The minimum atomic E-state index is -0.720. The van der Waals surface area contributed by atoms with Gasteiger partial charge in [-0.25, -0.2) is 0 Å². The number of non-ortho nitro benzene ring substituents is 1. The summed E-state index contributed by atoms with van der Waals surface area (Å²) in [5.74, 6) is -0.830. The van der Waals surface area contributed by atoms with Gasteiger partial charge in [-0.05, 0) is 30.3 Å². The zero-order chi connectivity index (χ0) is 21.4. The van der Waals surface area contributed by atoms with Crippen LogP contribution in [0.3, 0.4) is 0 Å². The number of nitrogens with zero attached hydrogens (tertiary/aromatic N) is 2. The smallest absolute Gasteiger partial charge is 0.273 e. The lowest BCUT2D eigenvalue weighted by molar-refractivity contribution is -0.384. The van der Waals surface area contributed by atoms with E-state index in [1.165, 1.54) is 38.4 Å². The highest BCUT2D eigenvalue weighted by atomic mass is 16.6. The lowest BCUT2D eigenvalue weighted by Gasteiger charge is -2.10. The fourth-order valence-corrected chi connectivity index (χ4v) is 2.24. The van der Waals surface area contributed by atoms with Crippen LogP contribution in [0.25, 0.3) is 0 Å². The van der Waals surface area contributed by atoms with E-state index in [-0.39, 0.29) is 28.6 Å². The molecular formula is C19H17N5O5. The predicted octanol–water partition coefficient (Wildman–Crippen LogP) is 3.02. The lowest BCUT2D eigenvalue weighted by atomic mass is 10.2. The summed E-state index contributed by atoms with van der Waals surface area (Å²) < 4.78 is 5.05. The van der Waals surface area contributed by atoms with Crippen molar-refractivity contribution in [1.29, 1.82) is 5.26 Å². The van der Waals surface area contributed by atoms with Crippen LogP contribution in [0.15, 0.2) is 54.2 Å². The second kappa shape index (κ2) is 9.52. The molecule has 3 N–H and O–H groups in total. The van der Waals surface area contributed by atoms with Crippen LogP contribution in [0.1, 0.15) is 6.92 Å². The third kappa shape index (κ3) is 5.80. The van der Waals surface area contributed by atoms with Crippen molar-refractivity contribution in [2.75, 3.05) is 23.1 Å². The molecule has 0 fully saturated rings. The number of benzene rings is 2. The van der Waals surface area contributed by atoms with Crippen LogP contribution in [0, 0.1) is 21.4 Å². The van der Waals surface area contributed by atoms with Crippen molar-refractivity contribution >= 4 is 34.6 Å². The molecule has 0 unspecified atom stereocenters. The zero-order valence-electron chi connectivity index (χ0n) is 15.6. The van der Waals surface area contributed by atoms with Crippen LogP contribution in [-0.4, -0.2) is 23.8 Å². The number of amides is 2. The number of hydrogen-bond donors (Lipinski definition) is 3. The third-order valence-electron chi connectivity index (χ3n) is 3.60. The second-order valence-corrected chi connectivity index (χ2v) is 5.67. The number of hydrogen-bond acceptors (Lipinski definition) is 7. The maximum atomic E-state index is 12.3. The van der Waals surface area contributed by atoms with Gasteiger partial charge >= 0.3 is 0 Å². The van der Waals surface area contributed by atoms with Crippen LogP contribution >= 0.6 is 0 Å². The second-order valence-electron chi connectivity index (χ2n) is 5.67. The Morgan fingerprint density at radius 3 is 2.34 bits per heavy atom. The summed E-state index contributed by atoms with van der Waals surface area (Å²) in [6.07, 6.45) is 1.22. The van der Waals surface area contributed by atoms with E-state index in [4.69, 9.17) is 4.74 Å². The minimum Gasteiger partial charge on any atom is -0.494 e. The van der Waals surface area contributed by atoms with Crippen LogP contribution in [-0.2, 0) is 9.59 Å². The SMILES string of the molecule is COc1cc([N+](=O)[O-])ccc1NC(=O)/C(C#N)=C\Nc1ccc(NC(C)=O)cc1. The number of anilines is 3. The number of carbonyl (C=O) groups is 2. The lowest BCUT2D eigenvalue weighted by Crippen LogP contribution is -2.15. The highest BCUT2D eigenvalue weighted by Crippen LogP contribution is 2.29. The first-order valence-corrected chi connectivity index (χ1v) is 8.22. The fraction of sp³-hybridized carbons (Fsp3) is 0.105. The summed E-state index contributed by atoms with van der Waals surface area (Å²) in [5.41, 5.74) is 0.962. The zero-order valence-corrected chi connectivity index (χ0v) is 15.6. The molecule has 0 aliphatic heterocycles. The van der Waals surface area contributed by atoms with Gasteiger partial charge in [0.2, 0.25) is 5.91 Å². The predicted molar refractivity (Wildman–Crippen MR) is 106 cm³/mol. The Balaban J connectivity index is 2.11. The highest BCUT2D eigenvalue weighted by molar-refractivity contribution is 6.07. The van der Waals surface area contributed by atoms with E-state index in [1.54, 1.807) is 30.3 Å². The van der Waals surface area contributed by atoms with Gasteiger partial charge in [0.15, 0.2) is 0 Å². The van der Waals surface area contributed by atoms with Gasteiger partial charge in [0.25, 0.3) is 11.6 Å². The number of ether oxygens (including phenoxy) is 1. The molecule has 10 nitrogen and oxygen atoms in total. The minimum absolute atomic E-state index is 0.0892. The topological polar surface area (TPSA) is 146 Å². The molecule has 2 aromatic carbocycles. The van der Waals surface area contributed by atoms with E-state index >= 15 is 0 Å². The molecule has 2 rings (SSSR count). The van der Waals surface area contributed by atoms with Crippen molar-refractivity contribution in [1.82, 2.24) is 0 Å². The Morgan fingerprint density at radius 2 is 1.79 bits per heavy atom. The Hall–Kier alpha value is -4.39. The number of nitro groups is 1. The fourth-order valence-electron chi connectivity index (χ4n) is 2.24. The molecule has 0 radical (unpaired) electrons. The van der Waals surface area contributed by atoms with Crippen molar-refractivity contribution < 1.29 is 19.2 Å². The quantitative estimate of drug-likeness (QED) is 0.282. The van der Waals surface area contributed by atoms with Crippen LogP contribution in [0.5, 0.6) is 5.75 Å². The van der Waals surface area contributed by atoms with Gasteiger partial charge in [-0.3, -0.25) is 19.7 Å². The molecule has 2 amide bonds. The van der Waals surface area contributed by atoms with Gasteiger partial charge in [0.1, 0.15) is 17.4 Å². The van der Waals surface area contributed by atoms with E-state index in [0.717, 1.165) is 0 Å². The molecule has 10 heteroatoms. The molecule has 29 heavy (non-hydrogen) atoms. The van der Waals surface area contributed by atoms with Crippen molar-refractivity contribution in [2.45, 2.75) is 6.92 Å². The maximum Gasteiger partial charge on any atom is 0.273 e. The molecule has 0 bridgehead atoms. The van der Waals surface area contributed by atoms with Gasteiger partial charge in [0, 0.05) is 30.6 Å². The monoisotopic (exact) mass is 395 g/mol. The molecule has 0 aliphatic carbocycles. The first kappa shape index (κ1) is 20.9. The van der Waals surface area contributed by atoms with E-state index in [0.29, 0.717) is 11.4 Å². The summed E-state index contributed by atoms with van der Waals surface area (Å²) in [7, 11) is 1.31. The molecule has 2 aromatic rings. The Bertz CT molecular complexity index is 1010. The average molecular weight is 395 g/mol. The number of methoxy groups -OCH3 is 1. The Labute approximate surface area is 165 Å². The van der Waals surface area contributed by atoms with E-state index in [1.807, 2.05) is 0 Å². The molecule has 148 valence electrons. The molecular weight excluding hydrogens is 378 g/mol. The first-order chi connectivity index (χ1) is 13.8. The number of rotatable bonds is 7. The average Bonchev–Trinajstić information content (AvgIpc) is 2.69. The van der Waals surface area contributed by atoms with Gasteiger partial charge in [-0.15, -0.1) is 0 Å². The molecule has 0 aliphatic rings. The van der Waals surface area contributed by atoms with E-state index < -0.39 is 10.8 Å². The van der Waals surface area contributed by atoms with E-state index in [2.05, 4.69) is 16.0 Å². The van der Waals surface area contributed by atoms with Crippen molar-refractivity contribution in [3.8, 4) is 11.8 Å². The summed E-state index contributed by atoms with van der Waals surface area (Å²) in [6.45, 7) is 1.40. The number of nitrogens with one attached hydrogen (secondary N) is 3. The normalized spacial score (nSPS) is 10.4. The Morgan fingerprint density at radius 1 is 1.14 bits per heavy atom. The third-order valence-corrected chi connectivity index (χ3v) is 3.60. The van der Waals surface area contributed by atoms with Crippen LogP contribution < -0.4 is 20.7 Å². The Kier molecular flexibility index (Phi) is 6.86. The van der Waals surface area contributed by atoms with Crippen LogP contribution in [0.4, 0.5) is 22.7 Å². The van der Waals surface area contributed by atoms with Crippen molar-refractivity contribution in [3.63, 3.8) is 0 Å². The first-order valence-electron chi connectivity index (χ1n) is 8.22. The number of nitriles is 1. The largest absolute Gasteiger partial charge is 0.494 e. The van der Waals surface area contributed by atoms with E-state index in [9.17, 15) is 25.0 Å². The number of carbonyl (C=O) groups excluding carboxylic acids is 2. The van der Waals surface area contributed by atoms with Crippen molar-refractivity contribution in [3.05, 3.63) is 64.4 Å². The van der Waals surface area contributed by atoms with Gasteiger partial charge in [-0.2, -0.15) is 5.26 Å². The molecule has 0 aromatic heterocycles. The molecule has 0 spiro atoms. The maximum absolute atomic E-state index is 12.3. The van der Waals surface area contributed by atoms with Gasteiger partial charge in [0.05, 0.1) is 23.8 Å².